The zero-order valence-corrected chi connectivity index (χ0v) is 16.4. The highest BCUT2D eigenvalue weighted by Crippen LogP contribution is 2.22. The Labute approximate surface area is 155 Å². The van der Waals surface area contributed by atoms with Crippen LogP contribution >= 0.6 is 0 Å². The average Bonchev–Trinajstić information content (AvgIpc) is 3.06. The number of benzene rings is 1. The number of quaternary nitrogens is 1. The summed E-state index contributed by atoms with van der Waals surface area (Å²) in [5.74, 6) is 1.22. The number of nitrogens with zero attached hydrogens (tertiary/aromatic N) is 5. The second-order valence-corrected chi connectivity index (χ2v) is 8.46. The number of rotatable bonds is 4. The molecule has 1 aromatic carbocycles. The van der Waals surface area contributed by atoms with E-state index in [0.717, 1.165) is 37.7 Å². The van der Waals surface area contributed by atoms with Crippen LogP contribution in [0.25, 0.3) is 0 Å². The molecule has 1 atom stereocenters. The summed E-state index contributed by atoms with van der Waals surface area (Å²) >= 11 is 0. The molecule has 2 aromatic rings. The van der Waals surface area contributed by atoms with Gasteiger partial charge in [0, 0.05) is 11.6 Å². The number of nitrogens with one attached hydrogen (secondary N) is 1. The van der Waals surface area contributed by atoms with Crippen LogP contribution < -0.4 is 9.80 Å². The van der Waals surface area contributed by atoms with E-state index in [2.05, 4.69) is 55.0 Å². The van der Waals surface area contributed by atoms with E-state index in [-0.39, 0.29) is 17.4 Å². The van der Waals surface area contributed by atoms with E-state index in [1.54, 1.807) is 0 Å². The van der Waals surface area contributed by atoms with Crippen molar-refractivity contribution < 1.29 is 9.29 Å². The molecule has 1 fully saturated rings. The molecule has 1 aliphatic heterocycles. The van der Waals surface area contributed by atoms with E-state index in [1.807, 2.05) is 16.8 Å². The van der Waals surface area contributed by atoms with E-state index in [9.17, 15) is 4.39 Å². The lowest BCUT2D eigenvalue weighted by Gasteiger charge is -2.39. The maximum absolute atomic E-state index is 13.2. The van der Waals surface area contributed by atoms with Crippen LogP contribution in [0.3, 0.4) is 0 Å². The van der Waals surface area contributed by atoms with Crippen molar-refractivity contribution in [3.8, 4) is 0 Å². The fourth-order valence-electron chi connectivity index (χ4n) is 3.83. The highest BCUT2D eigenvalue weighted by Gasteiger charge is 2.37. The third kappa shape index (κ3) is 3.87. The molecule has 0 bridgehead atoms. The van der Waals surface area contributed by atoms with Crippen molar-refractivity contribution in [2.24, 2.45) is 5.92 Å². The molecular weight excluding hydrogens is 331 g/mol. The molecule has 0 amide bonds. The second kappa shape index (κ2) is 7.31. The molecule has 0 radical (unpaired) electrons. The van der Waals surface area contributed by atoms with Crippen LogP contribution in [0.1, 0.15) is 46.5 Å². The second-order valence-electron chi connectivity index (χ2n) is 8.46. The first-order chi connectivity index (χ1) is 12.3. The predicted octanol–water partition coefficient (Wildman–Crippen LogP) is 1.67. The Bertz CT molecular complexity index is 710. The zero-order valence-electron chi connectivity index (χ0n) is 16.4. The van der Waals surface area contributed by atoms with Gasteiger partial charge in [0.1, 0.15) is 5.82 Å². The number of hydrogen-bond donors (Lipinski definition) is 1. The number of hydrogen-bond acceptors (Lipinski definition) is 4. The van der Waals surface area contributed by atoms with Gasteiger partial charge < -0.3 is 9.80 Å². The summed E-state index contributed by atoms with van der Waals surface area (Å²) in [6.45, 7) is 14.8. The molecule has 6 nitrogen and oxygen atoms in total. The molecule has 1 aliphatic rings. The van der Waals surface area contributed by atoms with E-state index in [1.165, 1.54) is 17.0 Å². The minimum Gasteiger partial charge on any atom is -0.360 e. The van der Waals surface area contributed by atoms with Crippen LogP contribution in [0.2, 0.25) is 0 Å². The molecule has 1 N–H and O–H groups in total. The standard InChI is InChI=1S/C19H29FN6/c1-14(2)17(18-21-22-23-26(18)19(3,4)5)25-12-10-24(11-13-25)16-8-6-15(20)7-9-16/h6-9,14,17H,10-13H2,1-5H3/p+1/t17-/m1/s1. The van der Waals surface area contributed by atoms with Gasteiger partial charge in [-0.2, -0.15) is 0 Å². The Hall–Kier alpha value is -2.02. The lowest BCUT2D eigenvalue weighted by molar-refractivity contribution is -0.937. The summed E-state index contributed by atoms with van der Waals surface area (Å²) < 4.78 is 15.1. The topological polar surface area (TPSA) is 51.3 Å². The average molecular weight is 361 g/mol. The summed E-state index contributed by atoms with van der Waals surface area (Å²) in [5, 5.41) is 12.6. The summed E-state index contributed by atoms with van der Waals surface area (Å²) in [4.78, 5) is 3.84. The first kappa shape index (κ1) is 18.8. The van der Waals surface area contributed by atoms with E-state index in [4.69, 9.17) is 0 Å². The van der Waals surface area contributed by atoms with Gasteiger partial charge in [-0.15, -0.1) is 5.10 Å². The van der Waals surface area contributed by atoms with Gasteiger partial charge >= 0.3 is 0 Å². The molecule has 0 saturated carbocycles. The van der Waals surface area contributed by atoms with Gasteiger partial charge in [0.2, 0.25) is 5.82 Å². The maximum Gasteiger partial charge on any atom is 0.210 e. The van der Waals surface area contributed by atoms with Crippen molar-refractivity contribution in [2.45, 2.75) is 46.2 Å². The van der Waals surface area contributed by atoms with Gasteiger partial charge in [0.25, 0.3) is 0 Å². The summed E-state index contributed by atoms with van der Waals surface area (Å²) in [7, 11) is 0. The SMILES string of the molecule is CC(C)[C@H](c1nnnn1C(C)(C)C)[NH+]1CCN(c2ccc(F)cc2)CC1. The first-order valence-corrected chi connectivity index (χ1v) is 9.41. The molecule has 0 aliphatic carbocycles. The molecule has 142 valence electrons. The Morgan fingerprint density at radius 2 is 1.69 bits per heavy atom. The zero-order chi connectivity index (χ0) is 18.9. The maximum atomic E-state index is 13.2. The number of anilines is 1. The lowest BCUT2D eigenvalue weighted by Crippen LogP contribution is -3.15. The Morgan fingerprint density at radius 3 is 2.23 bits per heavy atom. The molecule has 3 rings (SSSR count). The van der Waals surface area contributed by atoms with Crippen LogP contribution in [0.15, 0.2) is 24.3 Å². The molecule has 2 heterocycles. The molecule has 1 aromatic heterocycles. The third-order valence-electron chi connectivity index (χ3n) is 5.11. The van der Waals surface area contributed by atoms with Crippen molar-refractivity contribution in [1.29, 1.82) is 0 Å². The Morgan fingerprint density at radius 1 is 1.08 bits per heavy atom. The number of piperazine rings is 1. The largest absolute Gasteiger partial charge is 0.360 e. The Balaban J connectivity index is 1.75. The normalized spacial score (nSPS) is 17.7. The summed E-state index contributed by atoms with van der Waals surface area (Å²) in [6, 6.07) is 7.05. The fourth-order valence-corrected chi connectivity index (χ4v) is 3.83. The quantitative estimate of drug-likeness (QED) is 0.900. The minimum absolute atomic E-state index is 0.138. The van der Waals surface area contributed by atoms with E-state index in [0.29, 0.717) is 5.92 Å². The van der Waals surface area contributed by atoms with Crippen molar-refractivity contribution in [2.75, 3.05) is 31.1 Å². The van der Waals surface area contributed by atoms with Gasteiger partial charge in [-0.3, -0.25) is 0 Å². The van der Waals surface area contributed by atoms with E-state index < -0.39 is 0 Å². The number of tetrazole rings is 1. The third-order valence-corrected chi connectivity index (χ3v) is 5.11. The van der Waals surface area contributed by atoms with Crippen LogP contribution in [-0.4, -0.2) is 46.4 Å². The molecule has 0 unspecified atom stereocenters. The van der Waals surface area contributed by atoms with Gasteiger partial charge in [-0.25, -0.2) is 9.07 Å². The Kier molecular flexibility index (Phi) is 5.27. The molecule has 0 spiro atoms. The van der Waals surface area contributed by atoms with Crippen molar-refractivity contribution in [3.63, 3.8) is 0 Å². The van der Waals surface area contributed by atoms with Crippen LogP contribution in [0.5, 0.6) is 0 Å². The van der Waals surface area contributed by atoms with Crippen LogP contribution in [0.4, 0.5) is 10.1 Å². The van der Waals surface area contributed by atoms with Gasteiger partial charge in [-0.1, -0.05) is 13.8 Å². The minimum atomic E-state index is -0.188. The van der Waals surface area contributed by atoms with E-state index >= 15 is 0 Å². The number of halogens is 1. The van der Waals surface area contributed by atoms with Crippen LogP contribution in [0, 0.1) is 11.7 Å². The molecule has 26 heavy (non-hydrogen) atoms. The predicted molar refractivity (Wildman–Crippen MR) is 99.7 cm³/mol. The molecule has 1 saturated heterocycles. The van der Waals surface area contributed by atoms with Crippen LogP contribution in [-0.2, 0) is 5.54 Å². The van der Waals surface area contributed by atoms with Crippen molar-refractivity contribution >= 4 is 5.69 Å². The molecular formula is C19H30FN6+. The van der Waals surface area contributed by atoms with Crippen molar-refractivity contribution in [3.05, 3.63) is 35.9 Å². The highest BCUT2D eigenvalue weighted by molar-refractivity contribution is 5.46. The van der Waals surface area contributed by atoms with Gasteiger partial charge in [0.15, 0.2) is 6.04 Å². The first-order valence-electron chi connectivity index (χ1n) is 9.41. The number of aromatic nitrogens is 4. The van der Waals surface area contributed by atoms with Crippen molar-refractivity contribution in [1.82, 2.24) is 20.2 Å². The molecule has 7 heteroatoms. The highest BCUT2D eigenvalue weighted by atomic mass is 19.1. The monoisotopic (exact) mass is 361 g/mol. The summed E-state index contributed by atoms with van der Waals surface area (Å²) in [5.41, 5.74) is 0.951. The summed E-state index contributed by atoms with van der Waals surface area (Å²) in [6.07, 6.45) is 0. The lowest BCUT2D eigenvalue weighted by atomic mass is 9.99. The van der Waals surface area contributed by atoms with Gasteiger partial charge in [-0.05, 0) is 55.5 Å². The van der Waals surface area contributed by atoms with Gasteiger partial charge in [0.05, 0.1) is 31.7 Å². The smallest absolute Gasteiger partial charge is 0.210 e. The fraction of sp³-hybridized carbons (Fsp3) is 0.632.